The highest BCUT2D eigenvalue weighted by Gasteiger charge is 2.06. The van der Waals surface area contributed by atoms with Crippen molar-refractivity contribution in [3.63, 3.8) is 0 Å². The molecule has 0 aliphatic rings. The Balaban J connectivity index is 0. The molecule has 0 bridgehead atoms. The minimum atomic E-state index is 0.537. The Bertz CT molecular complexity index is 263. The molecule has 0 saturated heterocycles. The second-order valence-corrected chi connectivity index (χ2v) is 5.28. The summed E-state index contributed by atoms with van der Waals surface area (Å²) in [4.78, 5) is 0. The summed E-state index contributed by atoms with van der Waals surface area (Å²) < 4.78 is 4.97. The molecule has 0 amide bonds. The van der Waals surface area contributed by atoms with E-state index in [0.717, 1.165) is 11.5 Å². The van der Waals surface area contributed by atoms with Crippen molar-refractivity contribution >= 4 is 0 Å². The number of allylic oxidation sites excluding steroid dienone is 3. The molecule has 1 nitrogen and oxygen atoms in total. The molecule has 0 radical (unpaired) electrons. The van der Waals surface area contributed by atoms with Crippen molar-refractivity contribution in [3.8, 4) is 0 Å². The molecule has 112 valence electrons. The molecule has 0 spiro atoms. The normalized spacial score (nSPS) is 13.4. The van der Waals surface area contributed by atoms with Gasteiger partial charge in [-0.15, -0.1) is 0 Å². The third-order valence-electron chi connectivity index (χ3n) is 3.17. The second kappa shape index (κ2) is 13.5. The van der Waals surface area contributed by atoms with Gasteiger partial charge in [0.15, 0.2) is 0 Å². The fourth-order valence-electron chi connectivity index (χ4n) is 1.36. The van der Waals surface area contributed by atoms with Gasteiger partial charge in [-0.1, -0.05) is 78.7 Å². The van der Waals surface area contributed by atoms with Crippen molar-refractivity contribution < 1.29 is 4.74 Å². The molecule has 2 atom stereocenters. The first kappa shape index (κ1) is 20.3. The number of methoxy groups -OCH3 is 1. The third-order valence-corrected chi connectivity index (χ3v) is 3.17. The Labute approximate surface area is 121 Å². The van der Waals surface area contributed by atoms with Crippen molar-refractivity contribution in [3.05, 3.63) is 36.6 Å². The molecule has 0 saturated carbocycles. The van der Waals surface area contributed by atoms with Gasteiger partial charge < -0.3 is 4.74 Å². The van der Waals surface area contributed by atoms with Crippen molar-refractivity contribution in [2.24, 2.45) is 11.8 Å². The van der Waals surface area contributed by atoms with Crippen LogP contribution in [0.2, 0.25) is 0 Å². The molecule has 0 rings (SSSR count). The van der Waals surface area contributed by atoms with Crippen LogP contribution >= 0.6 is 0 Å². The first-order chi connectivity index (χ1) is 8.92. The lowest BCUT2D eigenvalue weighted by atomic mass is 9.92. The van der Waals surface area contributed by atoms with E-state index >= 15 is 0 Å². The minimum absolute atomic E-state index is 0.537. The Morgan fingerprint density at radius 2 is 1.58 bits per heavy atom. The van der Waals surface area contributed by atoms with E-state index in [4.69, 9.17) is 4.74 Å². The second-order valence-electron chi connectivity index (χ2n) is 5.28. The molecule has 2 unspecified atom stereocenters. The highest BCUT2D eigenvalue weighted by Crippen LogP contribution is 2.20. The summed E-state index contributed by atoms with van der Waals surface area (Å²) >= 11 is 0. The smallest absolute Gasteiger partial charge is 0.111 e. The van der Waals surface area contributed by atoms with E-state index in [1.54, 1.807) is 7.11 Å². The van der Waals surface area contributed by atoms with E-state index in [2.05, 4.69) is 47.8 Å². The average molecular weight is 266 g/mol. The largest absolute Gasteiger partial charge is 0.497 e. The van der Waals surface area contributed by atoms with Crippen LogP contribution in [-0.4, -0.2) is 7.11 Å². The standard InChI is InChI=1S/C15H26O.C3H8/c1-7-12(2)8-9-13(3)14(4)10-11-15(5)16-6;1-3-2/h10-13H,4-5,7-9H2,1-3,6H3;3H2,1-2H3/b11-10-;. The van der Waals surface area contributed by atoms with Gasteiger partial charge in [-0.05, 0) is 24.3 Å². The van der Waals surface area contributed by atoms with Crippen LogP contribution in [-0.2, 0) is 4.74 Å². The van der Waals surface area contributed by atoms with Gasteiger partial charge in [0.2, 0.25) is 0 Å². The Hall–Kier alpha value is -0.980. The molecular formula is C18H34O. The molecule has 1 heteroatoms. The van der Waals surface area contributed by atoms with Gasteiger partial charge >= 0.3 is 0 Å². The van der Waals surface area contributed by atoms with Crippen LogP contribution in [0.4, 0.5) is 0 Å². The molecule has 0 aromatic heterocycles. The first-order valence-corrected chi connectivity index (χ1v) is 7.52. The molecule has 0 aromatic rings. The monoisotopic (exact) mass is 266 g/mol. The minimum Gasteiger partial charge on any atom is -0.497 e. The van der Waals surface area contributed by atoms with Crippen LogP contribution in [0.15, 0.2) is 36.6 Å². The van der Waals surface area contributed by atoms with Gasteiger partial charge in [0.1, 0.15) is 5.76 Å². The average Bonchev–Trinajstić information content (AvgIpc) is 2.41. The first-order valence-electron chi connectivity index (χ1n) is 7.52. The SMILES string of the molecule is C=C(/C=C\C(=C)C(C)CCC(C)CC)OC.CCC. The van der Waals surface area contributed by atoms with Crippen molar-refractivity contribution in [1.29, 1.82) is 0 Å². The van der Waals surface area contributed by atoms with E-state index < -0.39 is 0 Å². The Morgan fingerprint density at radius 3 is 2.00 bits per heavy atom. The summed E-state index contributed by atoms with van der Waals surface area (Å²) in [5.74, 6) is 2.03. The van der Waals surface area contributed by atoms with Crippen LogP contribution in [0.3, 0.4) is 0 Å². The van der Waals surface area contributed by atoms with Crippen molar-refractivity contribution in [2.75, 3.05) is 7.11 Å². The van der Waals surface area contributed by atoms with E-state index in [1.807, 2.05) is 12.2 Å². The van der Waals surface area contributed by atoms with E-state index in [0.29, 0.717) is 11.7 Å². The van der Waals surface area contributed by atoms with Gasteiger partial charge in [0.05, 0.1) is 7.11 Å². The zero-order chi connectivity index (χ0) is 15.3. The fraction of sp³-hybridized carbons (Fsp3) is 0.667. The van der Waals surface area contributed by atoms with Gasteiger partial charge in [0.25, 0.3) is 0 Å². The number of hydrogen-bond acceptors (Lipinski definition) is 1. The fourth-order valence-corrected chi connectivity index (χ4v) is 1.36. The van der Waals surface area contributed by atoms with Crippen LogP contribution < -0.4 is 0 Å². The molecule has 19 heavy (non-hydrogen) atoms. The van der Waals surface area contributed by atoms with Crippen molar-refractivity contribution in [1.82, 2.24) is 0 Å². The molecule has 0 aromatic carbocycles. The molecular weight excluding hydrogens is 232 g/mol. The van der Waals surface area contributed by atoms with Gasteiger partial charge in [-0.2, -0.15) is 0 Å². The van der Waals surface area contributed by atoms with E-state index in [-0.39, 0.29) is 0 Å². The number of rotatable bonds is 8. The molecule has 0 fully saturated rings. The number of hydrogen-bond donors (Lipinski definition) is 0. The Morgan fingerprint density at radius 1 is 1.05 bits per heavy atom. The van der Waals surface area contributed by atoms with Crippen LogP contribution in [0.5, 0.6) is 0 Å². The van der Waals surface area contributed by atoms with Crippen LogP contribution in [0, 0.1) is 11.8 Å². The predicted molar refractivity (Wildman–Crippen MR) is 88.2 cm³/mol. The van der Waals surface area contributed by atoms with Crippen molar-refractivity contribution in [2.45, 2.75) is 60.3 Å². The third kappa shape index (κ3) is 13.3. The molecule has 0 heterocycles. The van der Waals surface area contributed by atoms with Crippen LogP contribution in [0.1, 0.15) is 60.3 Å². The summed E-state index contributed by atoms with van der Waals surface area (Å²) in [6.45, 7) is 18.8. The predicted octanol–water partition coefficient (Wildman–Crippen LogP) is 6.14. The summed E-state index contributed by atoms with van der Waals surface area (Å²) in [6, 6.07) is 0. The lowest BCUT2D eigenvalue weighted by Gasteiger charge is -2.14. The molecule has 0 N–H and O–H groups in total. The summed E-state index contributed by atoms with van der Waals surface area (Å²) in [5.41, 5.74) is 1.15. The van der Waals surface area contributed by atoms with E-state index in [9.17, 15) is 0 Å². The summed E-state index contributed by atoms with van der Waals surface area (Å²) in [6.07, 6.45) is 8.87. The molecule has 0 aliphatic carbocycles. The lowest BCUT2D eigenvalue weighted by molar-refractivity contribution is 0.308. The maximum Gasteiger partial charge on any atom is 0.111 e. The quantitative estimate of drug-likeness (QED) is 0.379. The lowest BCUT2D eigenvalue weighted by Crippen LogP contribution is -2.00. The Kier molecular flexibility index (Phi) is 14.4. The summed E-state index contributed by atoms with van der Waals surface area (Å²) in [5, 5.41) is 0. The zero-order valence-corrected chi connectivity index (χ0v) is 14.0. The van der Waals surface area contributed by atoms with Gasteiger partial charge in [-0.3, -0.25) is 0 Å². The maximum atomic E-state index is 4.97. The van der Waals surface area contributed by atoms with Gasteiger partial charge in [-0.25, -0.2) is 0 Å². The van der Waals surface area contributed by atoms with Gasteiger partial charge in [0, 0.05) is 0 Å². The highest BCUT2D eigenvalue weighted by atomic mass is 16.5. The highest BCUT2D eigenvalue weighted by molar-refractivity contribution is 5.22. The number of ether oxygens (including phenoxy) is 1. The molecule has 0 aliphatic heterocycles. The zero-order valence-electron chi connectivity index (χ0n) is 14.0. The van der Waals surface area contributed by atoms with Crippen LogP contribution in [0.25, 0.3) is 0 Å². The maximum absolute atomic E-state index is 4.97. The van der Waals surface area contributed by atoms with E-state index in [1.165, 1.54) is 25.7 Å². The summed E-state index contributed by atoms with van der Waals surface area (Å²) in [7, 11) is 1.63. The topological polar surface area (TPSA) is 9.23 Å².